The highest BCUT2D eigenvalue weighted by Gasteiger charge is 2.18. The van der Waals surface area contributed by atoms with Gasteiger partial charge in [0, 0.05) is 31.2 Å². The Morgan fingerprint density at radius 1 is 1.64 bits per heavy atom. The van der Waals surface area contributed by atoms with Crippen LogP contribution in [-0.4, -0.2) is 43.8 Å². The molecule has 0 amide bonds. The highest BCUT2D eigenvalue weighted by Crippen LogP contribution is 2.12. The van der Waals surface area contributed by atoms with Gasteiger partial charge in [-0.25, -0.2) is 0 Å². The molecular weight excluding hydrogens is 180 g/mol. The predicted octanol–water partition coefficient (Wildman–Crippen LogP) is 1.80. The molecule has 1 heterocycles. The Labute approximate surface area is 84.7 Å². The van der Waals surface area contributed by atoms with Gasteiger partial charge in [-0.3, -0.25) is 0 Å². The van der Waals surface area contributed by atoms with E-state index in [1.807, 2.05) is 6.92 Å². The molecule has 1 atom stereocenters. The lowest BCUT2D eigenvalue weighted by Crippen LogP contribution is -2.40. The molecule has 0 aromatic rings. The van der Waals surface area contributed by atoms with Crippen LogP contribution in [0, 0.1) is 0 Å². The minimum absolute atomic E-state index is 0.375. The van der Waals surface area contributed by atoms with Crippen molar-refractivity contribution in [2.75, 3.05) is 32.8 Å². The summed E-state index contributed by atoms with van der Waals surface area (Å²) in [5.41, 5.74) is 8.15. The van der Waals surface area contributed by atoms with Crippen molar-refractivity contribution >= 4 is 0 Å². The van der Waals surface area contributed by atoms with Gasteiger partial charge in [-0.2, -0.15) is 0 Å². The number of hydrogen-bond acceptors (Lipinski definition) is 3. The lowest BCUT2D eigenvalue weighted by molar-refractivity contribution is 0.00691. The summed E-state index contributed by atoms with van der Waals surface area (Å²) < 4.78 is 5.57. The molecule has 1 fully saturated rings. The van der Waals surface area contributed by atoms with Gasteiger partial charge in [0.25, 0.3) is 0 Å². The molecule has 0 aliphatic carbocycles. The standard InChI is InChI=1S/C9H18N4O/c1-2-14-9-4-3-6-13(8-9)7-5-11-12-10/h9H,2-8H2,1H3. The number of rotatable bonds is 5. The average molecular weight is 198 g/mol. The molecule has 1 saturated heterocycles. The molecule has 0 radical (unpaired) electrons. The molecule has 0 aromatic carbocycles. The molecular formula is C9H18N4O. The van der Waals surface area contributed by atoms with E-state index in [9.17, 15) is 0 Å². The van der Waals surface area contributed by atoms with Crippen LogP contribution in [0.3, 0.4) is 0 Å². The van der Waals surface area contributed by atoms with Crippen molar-refractivity contribution in [1.82, 2.24) is 4.90 Å². The molecule has 14 heavy (non-hydrogen) atoms. The van der Waals surface area contributed by atoms with Crippen LogP contribution < -0.4 is 0 Å². The van der Waals surface area contributed by atoms with Gasteiger partial charge < -0.3 is 9.64 Å². The van der Waals surface area contributed by atoms with Crippen LogP contribution in [-0.2, 0) is 4.74 Å². The Morgan fingerprint density at radius 2 is 2.50 bits per heavy atom. The Morgan fingerprint density at radius 3 is 3.21 bits per heavy atom. The number of piperidine rings is 1. The van der Waals surface area contributed by atoms with Crippen molar-refractivity contribution in [3.8, 4) is 0 Å². The zero-order valence-electron chi connectivity index (χ0n) is 8.72. The first-order valence-corrected chi connectivity index (χ1v) is 5.21. The van der Waals surface area contributed by atoms with E-state index in [0.29, 0.717) is 12.6 Å². The molecule has 1 aliphatic heterocycles. The number of hydrogen-bond donors (Lipinski definition) is 0. The van der Waals surface area contributed by atoms with Crippen LogP contribution in [0.15, 0.2) is 5.11 Å². The molecule has 5 nitrogen and oxygen atoms in total. The van der Waals surface area contributed by atoms with E-state index in [1.54, 1.807) is 0 Å². The largest absolute Gasteiger partial charge is 0.377 e. The number of ether oxygens (including phenoxy) is 1. The maximum atomic E-state index is 8.15. The lowest BCUT2D eigenvalue weighted by atomic mass is 10.1. The summed E-state index contributed by atoms with van der Waals surface area (Å²) in [6.07, 6.45) is 2.71. The maximum Gasteiger partial charge on any atom is 0.0702 e. The second-order valence-corrected chi connectivity index (χ2v) is 3.47. The third-order valence-electron chi connectivity index (χ3n) is 2.44. The van der Waals surface area contributed by atoms with E-state index < -0.39 is 0 Å². The van der Waals surface area contributed by atoms with Crippen LogP contribution >= 0.6 is 0 Å². The van der Waals surface area contributed by atoms with E-state index in [2.05, 4.69) is 14.9 Å². The van der Waals surface area contributed by atoms with Crippen LogP contribution in [0.1, 0.15) is 19.8 Å². The quantitative estimate of drug-likeness (QED) is 0.384. The topological polar surface area (TPSA) is 61.2 Å². The zero-order valence-corrected chi connectivity index (χ0v) is 8.72. The molecule has 1 unspecified atom stereocenters. The molecule has 5 heteroatoms. The second kappa shape index (κ2) is 6.65. The summed E-state index contributed by atoms with van der Waals surface area (Å²) in [5.74, 6) is 0. The first-order valence-electron chi connectivity index (χ1n) is 5.21. The van der Waals surface area contributed by atoms with Gasteiger partial charge in [0.15, 0.2) is 0 Å². The normalized spacial score (nSPS) is 23.1. The fourth-order valence-electron chi connectivity index (χ4n) is 1.82. The van der Waals surface area contributed by atoms with Gasteiger partial charge in [-0.05, 0) is 31.8 Å². The molecule has 0 aromatic heterocycles. The fourth-order valence-corrected chi connectivity index (χ4v) is 1.82. The van der Waals surface area contributed by atoms with Crippen LogP contribution in [0.4, 0.5) is 0 Å². The molecule has 0 saturated carbocycles. The Bertz CT molecular complexity index is 201. The van der Waals surface area contributed by atoms with Crippen molar-refractivity contribution in [2.24, 2.45) is 5.11 Å². The third kappa shape index (κ3) is 3.96. The number of azide groups is 1. The second-order valence-electron chi connectivity index (χ2n) is 3.47. The van der Waals surface area contributed by atoms with Gasteiger partial charge in [-0.1, -0.05) is 5.11 Å². The lowest BCUT2D eigenvalue weighted by Gasteiger charge is -2.31. The molecule has 80 valence electrons. The van der Waals surface area contributed by atoms with Gasteiger partial charge in [-0.15, -0.1) is 0 Å². The summed E-state index contributed by atoms with van der Waals surface area (Å²) in [5, 5.41) is 3.53. The number of likely N-dealkylation sites (tertiary alicyclic amines) is 1. The van der Waals surface area contributed by atoms with Crippen LogP contribution in [0.2, 0.25) is 0 Å². The molecule has 1 rings (SSSR count). The molecule has 0 bridgehead atoms. The van der Waals surface area contributed by atoms with Gasteiger partial charge in [0.1, 0.15) is 0 Å². The monoisotopic (exact) mass is 198 g/mol. The SMILES string of the molecule is CCOC1CCCN(CCN=[N+]=[N-])C1. The van der Waals surface area contributed by atoms with E-state index in [0.717, 1.165) is 32.7 Å². The smallest absolute Gasteiger partial charge is 0.0702 e. The van der Waals surface area contributed by atoms with E-state index in [1.165, 1.54) is 6.42 Å². The minimum atomic E-state index is 0.375. The van der Waals surface area contributed by atoms with Gasteiger partial charge in [0.05, 0.1) is 6.10 Å². The Kier molecular flexibility index (Phi) is 5.37. The van der Waals surface area contributed by atoms with Gasteiger partial charge in [0.2, 0.25) is 0 Å². The van der Waals surface area contributed by atoms with Crippen molar-refractivity contribution < 1.29 is 4.74 Å². The maximum absolute atomic E-state index is 8.15. The Balaban J connectivity index is 2.21. The van der Waals surface area contributed by atoms with E-state index in [4.69, 9.17) is 10.3 Å². The fraction of sp³-hybridized carbons (Fsp3) is 1.00. The summed E-state index contributed by atoms with van der Waals surface area (Å²) in [6, 6.07) is 0. The summed E-state index contributed by atoms with van der Waals surface area (Å²) in [7, 11) is 0. The Hall–Kier alpha value is -0.770. The van der Waals surface area contributed by atoms with E-state index >= 15 is 0 Å². The summed E-state index contributed by atoms with van der Waals surface area (Å²) in [6.45, 7) is 6.32. The average Bonchev–Trinajstić information content (AvgIpc) is 2.19. The van der Waals surface area contributed by atoms with Gasteiger partial charge >= 0.3 is 0 Å². The minimum Gasteiger partial charge on any atom is -0.377 e. The van der Waals surface area contributed by atoms with Crippen LogP contribution in [0.5, 0.6) is 0 Å². The molecule has 0 spiro atoms. The summed E-state index contributed by atoms with van der Waals surface area (Å²) >= 11 is 0. The highest BCUT2D eigenvalue weighted by molar-refractivity contribution is 4.73. The predicted molar refractivity (Wildman–Crippen MR) is 55.1 cm³/mol. The van der Waals surface area contributed by atoms with Crippen LogP contribution in [0.25, 0.3) is 10.4 Å². The van der Waals surface area contributed by atoms with Crippen molar-refractivity contribution in [3.05, 3.63) is 10.4 Å². The van der Waals surface area contributed by atoms with E-state index in [-0.39, 0.29) is 0 Å². The van der Waals surface area contributed by atoms with Crippen molar-refractivity contribution in [1.29, 1.82) is 0 Å². The van der Waals surface area contributed by atoms with Crippen molar-refractivity contribution in [3.63, 3.8) is 0 Å². The summed E-state index contributed by atoms with van der Waals surface area (Å²) in [4.78, 5) is 5.05. The first kappa shape index (κ1) is 11.3. The number of nitrogens with zero attached hydrogens (tertiary/aromatic N) is 4. The zero-order chi connectivity index (χ0) is 10.2. The first-order chi connectivity index (χ1) is 6.86. The third-order valence-corrected chi connectivity index (χ3v) is 2.44. The molecule has 0 N–H and O–H groups in total. The molecule has 1 aliphatic rings. The highest BCUT2D eigenvalue weighted by atomic mass is 16.5. The van der Waals surface area contributed by atoms with Crippen molar-refractivity contribution in [2.45, 2.75) is 25.9 Å².